The second-order valence-electron chi connectivity index (χ2n) is 6.62. The number of hydrogen-bond acceptors (Lipinski definition) is 3. The maximum absolute atomic E-state index is 13.4. The normalized spacial score (nSPS) is 21.6. The number of rotatable bonds is 5. The molecule has 0 bridgehead atoms. The predicted octanol–water partition coefficient (Wildman–Crippen LogP) is 3.36. The number of nitrogens with one attached hydrogen (secondary N) is 1. The summed E-state index contributed by atoms with van der Waals surface area (Å²) in [4.78, 5) is 2.37. The molecular weight excluding hydrogens is 322 g/mol. The minimum atomic E-state index is -0.260. The number of benzene rings is 2. The van der Waals surface area contributed by atoms with E-state index in [0.717, 1.165) is 24.2 Å². The van der Waals surface area contributed by atoms with Gasteiger partial charge < -0.3 is 10.1 Å². The molecule has 1 N–H and O–H groups in total. The van der Waals surface area contributed by atoms with Crippen molar-refractivity contribution in [3.63, 3.8) is 0 Å². The van der Waals surface area contributed by atoms with Crippen molar-refractivity contribution < 1.29 is 13.5 Å². The van der Waals surface area contributed by atoms with Gasteiger partial charge in [0, 0.05) is 32.3 Å². The molecule has 25 heavy (non-hydrogen) atoms. The lowest BCUT2D eigenvalue weighted by Gasteiger charge is -2.44. The van der Waals surface area contributed by atoms with Gasteiger partial charge in [0.15, 0.2) is 0 Å². The minimum absolute atomic E-state index is 0.0779. The van der Waals surface area contributed by atoms with Gasteiger partial charge in [-0.05, 0) is 42.3 Å². The molecule has 0 amide bonds. The molecule has 1 fully saturated rings. The maximum atomic E-state index is 13.4. The van der Waals surface area contributed by atoms with Gasteiger partial charge in [0.05, 0.1) is 12.6 Å². The molecule has 0 aliphatic carbocycles. The Morgan fingerprint density at radius 2 is 1.56 bits per heavy atom. The first-order chi connectivity index (χ1) is 12.1. The molecule has 3 rings (SSSR count). The monoisotopic (exact) mass is 346 g/mol. The Hall–Kier alpha value is -1.82. The second kappa shape index (κ2) is 8.04. The van der Waals surface area contributed by atoms with Crippen LogP contribution in [0.3, 0.4) is 0 Å². The van der Waals surface area contributed by atoms with Crippen molar-refractivity contribution in [2.75, 3.05) is 26.8 Å². The number of ether oxygens (including phenoxy) is 1. The van der Waals surface area contributed by atoms with Crippen LogP contribution in [-0.4, -0.2) is 43.8 Å². The third-order valence-corrected chi connectivity index (χ3v) is 4.72. The molecule has 3 nitrogen and oxygen atoms in total. The lowest BCUT2D eigenvalue weighted by molar-refractivity contribution is 0.0417. The Morgan fingerprint density at radius 3 is 2.04 bits per heavy atom. The van der Waals surface area contributed by atoms with Crippen molar-refractivity contribution >= 4 is 0 Å². The van der Waals surface area contributed by atoms with Crippen molar-refractivity contribution in [3.05, 3.63) is 71.3 Å². The molecular formula is C20H24F2N2O. The highest BCUT2D eigenvalue weighted by Gasteiger charge is 2.33. The molecule has 2 aromatic carbocycles. The molecule has 1 aliphatic heterocycles. The van der Waals surface area contributed by atoms with E-state index in [9.17, 15) is 8.78 Å². The van der Waals surface area contributed by atoms with Crippen molar-refractivity contribution in [2.24, 2.45) is 0 Å². The molecule has 0 aromatic heterocycles. The van der Waals surface area contributed by atoms with Gasteiger partial charge in [0.25, 0.3) is 0 Å². The highest BCUT2D eigenvalue weighted by Crippen LogP contribution is 2.32. The molecule has 1 aliphatic rings. The fourth-order valence-corrected chi connectivity index (χ4v) is 3.51. The van der Waals surface area contributed by atoms with Crippen LogP contribution in [0.4, 0.5) is 8.78 Å². The topological polar surface area (TPSA) is 24.5 Å². The fraction of sp³-hybridized carbons (Fsp3) is 0.400. The Balaban J connectivity index is 2.02. The summed E-state index contributed by atoms with van der Waals surface area (Å²) in [6.07, 6.45) is 0. The molecule has 2 aromatic rings. The average Bonchev–Trinajstić information content (AvgIpc) is 2.61. The second-order valence-corrected chi connectivity index (χ2v) is 6.62. The smallest absolute Gasteiger partial charge is 0.123 e. The molecule has 0 saturated carbocycles. The standard InChI is InChI=1S/C20H24F2N2O/c1-14-12-24(19(11-23-14)13-25-2)20(15-3-7-17(21)8-4-15)16-5-9-18(22)10-6-16/h3-10,14,19-20,23H,11-13H2,1-2H3/t14-,19-/m1/s1. The highest BCUT2D eigenvalue weighted by atomic mass is 19.1. The summed E-state index contributed by atoms with van der Waals surface area (Å²) < 4.78 is 32.2. The molecule has 134 valence electrons. The van der Waals surface area contributed by atoms with Gasteiger partial charge in [-0.15, -0.1) is 0 Å². The van der Waals surface area contributed by atoms with Crippen molar-refractivity contribution in [1.29, 1.82) is 0 Å². The maximum Gasteiger partial charge on any atom is 0.123 e. The van der Waals surface area contributed by atoms with Crippen LogP contribution >= 0.6 is 0 Å². The summed E-state index contributed by atoms with van der Waals surface area (Å²) in [5, 5.41) is 3.48. The summed E-state index contributed by atoms with van der Waals surface area (Å²) in [7, 11) is 1.70. The Labute approximate surface area is 147 Å². The first kappa shape index (κ1) is 18.0. The molecule has 0 spiro atoms. The van der Waals surface area contributed by atoms with Crippen molar-refractivity contribution in [3.8, 4) is 0 Å². The van der Waals surface area contributed by atoms with E-state index in [0.29, 0.717) is 12.6 Å². The molecule has 5 heteroatoms. The van der Waals surface area contributed by atoms with Crippen LogP contribution in [0.15, 0.2) is 48.5 Å². The first-order valence-electron chi connectivity index (χ1n) is 8.57. The number of methoxy groups -OCH3 is 1. The lowest BCUT2D eigenvalue weighted by Crippen LogP contribution is -2.58. The summed E-state index contributed by atoms with van der Waals surface area (Å²) in [5.41, 5.74) is 1.98. The van der Waals surface area contributed by atoms with Gasteiger partial charge >= 0.3 is 0 Å². The Bertz CT molecular complexity index is 630. The molecule has 0 radical (unpaired) electrons. The number of piperazine rings is 1. The van der Waals surface area contributed by atoms with E-state index in [1.807, 2.05) is 0 Å². The van der Waals surface area contributed by atoms with E-state index in [1.54, 1.807) is 31.4 Å². The highest BCUT2D eigenvalue weighted by molar-refractivity contribution is 5.33. The van der Waals surface area contributed by atoms with Gasteiger partial charge in [0.1, 0.15) is 11.6 Å². The molecule has 0 unspecified atom stereocenters. The van der Waals surface area contributed by atoms with Crippen LogP contribution in [0.25, 0.3) is 0 Å². The summed E-state index contributed by atoms with van der Waals surface area (Å²) in [5.74, 6) is -0.521. The van der Waals surface area contributed by atoms with Crippen molar-refractivity contribution in [1.82, 2.24) is 10.2 Å². The van der Waals surface area contributed by atoms with Crippen LogP contribution < -0.4 is 5.32 Å². The third kappa shape index (κ3) is 4.24. The quantitative estimate of drug-likeness (QED) is 0.898. The number of nitrogens with zero attached hydrogens (tertiary/aromatic N) is 1. The van der Waals surface area contributed by atoms with E-state index in [2.05, 4.69) is 17.1 Å². The van der Waals surface area contributed by atoms with E-state index in [-0.39, 0.29) is 23.7 Å². The SMILES string of the molecule is COC[C@H]1CN[C@H](C)CN1C(c1ccc(F)cc1)c1ccc(F)cc1. The van der Waals surface area contributed by atoms with E-state index < -0.39 is 0 Å². The summed E-state index contributed by atoms with van der Waals surface area (Å²) >= 11 is 0. The van der Waals surface area contributed by atoms with Gasteiger partial charge in [-0.3, -0.25) is 4.90 Å². The van der Waals surface area contributed by atoms with Crippen LogP contribution in [0.5, 0.6) is 0 Å². The van der Waals surface area contributed by atoms with E-state index in [1.165, 1.54) is 24.3 Å². The minimum Gasteiger partial charge on any atom is -0.383 e. The van der Waals surface area contributed by atoms with E-state index in [4.69, 9.17) is 4.74 Å². The lowest BCUT2D eigenvalue weighted by atomic mass is 9.94. The third-order valence-electron chi connectivity index (χ3n) is 4.72. The van der Waals surface area contributed by atoms with Crippen molar-refractivity contribution in [2.45, 2.75) is 25.0 Å². The van der Waals surface area contributed by atoms with Crippen LogP contribution in [0.2, 0.25) is 0 Å². The van der Waals surface area contributed by atoms with E-state index >= 15 is 0 Å². The van der Waals surface area contributed by atoms with Crippen LogP contribution in [0.1, 0.15) is 24.1 Å². The number of hydrogen-bond donors (Lipinski definition) is 1. The largest absolute Gasteiger partial charge is 0.383 e. The zero-order chi connectivity index (χ0) is 17.8. The molecule has 2 atom stereocenters. The van der Waals surface area contributed by atoms with Crippen LogP contribution in [-0.2, 0) is 4.74 Å². The zero-order valence-electron chi connectivity index (χ0n) is 14.6. The first-order valence-corrected chi connectivity index (χ1v) is 8.57. The average molecular weight is 346 g/mol. The van der Waals surface area contributed by atoms with Gasteiger partial charge in [-0.1, -0.05) is 24.3 Å². The van der Waals surface area contributed by atoms with Crippen LogP contribution in [0, 0.1) is 11.6 Å². The summed E-state index contributed by atoms with van der Waals surface area (Å²) in [6, 6.07) is 13.6. The Kier molecular flexibility index (Phi) is 5.78. The van der Waals surface area contributed by atoms with Gasteiger partial charge in [-0.25, -0.2) is 8.78 Å². The van der Waals surface area contributed by atoms with Gasteiger partial charge in [-0.2, -0.15) is 0 Å². The Morgan fingerprint density at radius 1 is 1.04 bits per heavy atom. The zero-order valence-corrected chi connectivity index (χ0v) is 14.6. The molecule has 1 heterocycles. The molecule has 1 saturated heterocycles. The summed E-state index contributed by atoms with van der Waals surface area (Å²) in [6.45, 7) is 4.38. The van der Waals surface area contributed by atoms with Gasteiger partial charge in [0.2, 0.25) is 0 Å². The number of halogens is 2. The fourth-order valence-electron chi connectivity index (χ4n) is 3.51. The predicted molar refractivity (Wildman–Crippen MR) is 94.5 cm³/mol.